The minimum absolute atomic E-state index is 0.889. The van der Waals surface area contributed by atoms with E-state index in [4.69, 9.17) is 12.8 Å². The highest BCUT2D eigenvalue weighted by Gasteiger charge is 2.15. The van der Waals surface area contributed by atoms with Gasteiger partial charge in [0.15, 0.2) is 0 Å². The molecule has 5 aromatic carbocycles. The molecule has 0 aliphatic rings. The van der Waals surface area contributed by atoms with Crippen LogP contribution in [0.5, 0.6) is 0 Å². The Labute approximate surface area is 209 Å². The summed E-state index contributed by atoms with van der Waals surface area (Å²) in [6.45, 7) is 0. The lowest BCUT2D eigenvalue weighted by Crippen LogP contribution is -1.97. The molecular formula is C34H20N2. The van der Waals surface area contributed by atoms with Gasteiger partial charge in [-0.1, -0.05) is 48.2 Å². The van der Waals surface area contributed by atoms with Crippen molar-refractivity contribution in [3.05, 3.63) is 120 Å². The van der Waals surface area contributed by atoms with Crippen LogP contribution in [0.3, 0.4) is 0 Å². The zero-order valence-electron chi connectivity index (χ0n) is 19.4. The summed E-state index contributed by atoms with van der Waals surface area (Å²) in [5.41, 5.74) is 8.59. The summed E-state index contributed by atoms with van der Waals surface area (Å²) in [6.07, 6.45) is 11.4. The van der Waals surface area contributed by atoms with Crippen LogP contribution in [0.25, 0.3) is 55.0 Å². The van der Waals surface area contributed by atoms with Crippen LogP contribution >= 0.6 is 0 Å². The second kappa shape index (κ2) is 7.67. The fourth-order valence-corrected chi connectivity index (χ4v) is 5.43. The van der Waals surface area contributed by atoms with Crippen molar-refractivity contribution < 1.29 is 0 Å². The van der Waals surface area contributed by atoms with E-state index >= 15 is 0 Å². The zero-order chi connectivity index (χ0) is 24.2. The van der Waals surface area contributed by atoms with Gasteiger partial charge in [-0.25, -0.2) is 0 Å². The van der Waals surface area contributed by atoms with Crippen molar-refractivity contribution in [2.75, 3.05) is 0 Å². The number of nitrogens with zero attached hydrogens (tertiary/aromatic N) is 2. The van der Waals surface area contributed by atoms with Gasteiger partial charge in [0.25, 0.3) is 0 Å². The van der Waals surface area contributed by atoms with Gasteiger partial charge in [0.1, 0.15) is 0 Å². The molecule has 0 fully saturated rings. The van der Waals surface area contributed by atoms with Crippen LogP contribution in [0.4, 0.5) is 0 Å². The minimum atomic E-state index is 0.889. The van der Waals surface area contributed by atoms with E-state index in [9.17, 15) is 0 Å². The Kier molecular flexibility index (Phi) is 4.31. The fraction of sp³-hybridized carbons (Fsp3) is 0. The van der Waals surface area contributed by atoms with E-state index in [0.29, 0.717) is 0 Å². The second-order valence-electron chi connectivity index (χ2n) is 8.97. The first kappa shape index (κ1) is 20.2. The Bertz CT molecular complexity index is 1900. The van der Waals surface area contributed by atoms with Crippen molar-refractivity contribution in [1.82, 2.24) is 9.13 Å². The Morgan fingerprint density at radius 2 is 0.806 bits per heavy atom. The molecule has 36 heavy (non-hydrogen) atoms. The predicted molar refractivity (Wildman–Crippen MR) is 151 cm³/mol. The van der Waals surface area contributed by atoms with E-state index in [-0.39, 0.29) is 0 Å². The van der Waals surface area contributed by atoms with Gasteiger partial charge >= 0.3 is 0 Å². The van der Waals surface area contributed by atoms with Crippen LogP contribution in [0.2, 0.25) is 0 Å². The van der Waals surface area contributed by atoms with Crippen LogP contribution in [0.1, 0.15) is 11.1 Å². The molecule has 0 saturated heterocycles. The molecule has 0 bridgehead atoms. The number of aromatic nitrogens is 2. The average Bonchev–Trinajstić information content (AvgIpc) is 3.45. The number of hydrogen-bond acceptors (Lipinski definition) is 0. The molecule has 0 N–H and O–H groups in total. The van der Waals surface area contributed by atoms with Gasteiger partial charge in [-0.2, -0.15) is 0 Å². The van der Waals surface area contributed by atoms with Crippen molar-refractivity contribution in [2.24, 2.45) is 0 Å². The Balaban J connectivity index is 1.45. The summed E-state index contributed by atoms with van der Waals surface area (Å²) in [6, 6.07) is 38.2. The number of hydrogen-bond donors (Lipinski definition) is 0. The summed E-state index contributed by atoms with van der Waals surface area (Å²) in [4.78, 5) is 0. The number of terminal acetylenes is 2. The van der Waals surface area contributed by atoms with E-state index in [2.05, 4.69) is 118 Å². The summed E-state index contributed by atoms with van der Waals surface area (Å²) in [5.74, 6) is 5.54. The van der Waals surface area contributed by atoms with Crippen molar-refractivity contribution in [3.63, 3.8) is 0 Å². The molecule has 7 rings (SSSR count). The van der Waals surface area contributed by atoms with Gasteiger partial charge in [0.2, 0.25) is 0 Å². The van der Waals surface area contributed by atoms with Crippen LogP contribution in [-0.4, -0.2) is 9.13 Å². The summed E-state index contributed by atoms with van der Waals surface area (Å²) >= 11 is 0. The third kappa shape index (κ3) is 2.83. The highest BCUT2D eigenvalue weighted by molar-refractivity contribution is 6.10. The largest absolute Gasteiger partial charge is 0.309 e. The molecule has 0 saturated carbocycles. The zero-order valence-corrected chi connectivity index (χ0v) is 19.4. The average molecular weight is 457 g/mol. The molecule has 2 aromatic heterocycles. The molecule has 0 spiro atoms. The molecular weight excluding hydrogens is 436 g/mol. The Morgan fingerprint density at radius 3 is 1.22 bits per heavy atom. The second-order valence-corrected chi connectivity index (χ2v) is 8.97. The molecule has 0 unspecified atom stereocenters. The molecule has 166 valence electrons. The van der Waals surface area contributed by atoms with Gasteiger partial charge in [-0.15, -0.1) is 12.8 Å². The first-order valence-electron chi connectivity index (χ1n) is 11.9. The fourth-order valence-electron chi connectivity index (χ4n) is 5.43. The van der Waals surface area contributed by atoms with Gasteiger partial charge in [-0.3, -0.25) is 0 Å². The van der Waals surface area contributed by atoms with Gasteiger partial charge in [0.05, 0.1) is 22.1 Å². The van der Waals surface area contributed by atoms with Crippen LogP contribution in [0, 0.1) is 24.7 Å². The molecule has 0 atom stereocenters. The molecule has 0 aliphatic heterocycles. The Morgan fingerprint density at radius 1 is 0.417 bits per heavy atom. The van der Waals surface area contributed by atoms with Crippen molar-refractivity contribution >= 4 is 43.6 Å². The predicted octanol–water partition coefficient (Wildman–Crippen LogP) is 7.84. The summed E-state index contributed by atoms with van der Waals surface area (Å²) in [5, 5.41) is 4.72. The third-order valence-electron chi connectivity index (χ3n) is 7.04. The van der Waals surface area contributed by atoms with E-state index < -0.39 is 0 Å². The van der Waals surface area contributed by atoms with Gasteiger partial charge in [0, 0.05) is 44.0 Å². The molecule has 2 heterocycles. The highest BCUT2D eigenvalue weighted by Crippen LogP contribution is 2.35. The lowest BCUT2D eigenvalue weighted by Gasteiger charge is -2.11. The van der Waals surface area contributed by atoms with Crippen molar-refractivity contribution in [2.45, 2.75) is 0 Å². The molecule has 2 nitrogen and oxygen atoms in total. The maximum absolute atomic E-state index is 5.69. The van der Waals surface area contributed by atoms with Crippen LogP contribution < -0.4 is 0 Å². The molecule has 0 amide bonds. The van der Waals surface area contributed by atoms with E-state index in [1.807, 2.05) is 12.1 Å². The maximum Gasteiger partial charge on any atom is 0.0541 e. The smallest absolute Gasteiger partial charge is 0.0541 e. The van der Waals surface area contributed by atoms with E-state index in [1.165, 1.54) is 10.8 Å². The number of rotatable bonds is 2. The van der Waals surface area contributed by atoms with Crippen molar-refractivity contribution in [1.29, 1.82) is 0 Å². The van der Waals surface area contributed by atoms with Gasteiger partial charge < -0.3 is 9.13 Å². The standard InChI is InChI=1S/C34H20N2/c1-3-23-13-19-33-29(21-23)27-9-5-7-11-31(27)35(33)25-15-17-26(18-16-25)36-32-12-8-6-10-28(32)30-22-24(4-2)14-20-34(30)36/h1-2,5-22H. The number of fused-ring (bicyclic) bond motifs is 6. The topological polar surface area (TPSA) is 9.86 Å². The van der Waals surface area contributed by atoms with Gasteiger partial charge in [-0.05, 0) is 72.8 Å². The lowest BCUT2D eigenvalue weighted by molar-refractivity contribution is 1.14. The first-order chi connectivity index (χ1) is 17.8. The minimum Gasteiger partial charge on any atom is -0.309 e. The van der Waals surface area contributed by atoms with Crippen LogP contribution in [0.15, 0.2) is 109 Å². The third-order valence-corrected chi connectivity index (χ3v) is 7.04. The molecule has 2 heteroatoms. The SMILES string of the molecule is C#Cc1ccc2c(c1)c1ccccc1n2-c1ccc(-n2c3ccccc3c3cc(C#C)ccc32)cc1. The lowest BCUT2D eigenvalue weighted by atomic mass is 10.1. The van der Waals surface area contributed by atoms with E-state index in [1.54, 1.807) is 0 Å². The quantitative estimate of drug-likeness (QED) is 0.235. The Hall–Kier alpha value is -5.18. The maximum atomic E-state index is 5.69. The first-order valence-corrected chi connectivity index (χ1v) is 11.9. The highest BCUT2D eigenvalue weighted by atomic mass is 15.0. The number of para-hydroxylation sites is 2. The van der Waals surface area contributed by atoms with E-state index in [0.717, 1.165) is 55.3 Å². The van der Waals surface area contributed by atoms with Crippen molar-refractivity contribution in [3.8, 4) is 36.1 Å². The molecule has 0 radical (unpaired) electrons. The summed E-state index contributed by atoms with van der Waals surface area (Å²) in [7, 11) is 0. The number of benzene rings is 5. The monoisotopic (exact) mass is 456 g/mol. The summed E-state index contributed by atoms with van der Waals surface area (Å²) < 4.78 is 4.61. The molecule has 0 aliphatic carbocycles. The molecule has 7 aromatic rings. The van der Waals surface area contributed by atoms with Crippen LogP contribution in [-0.2, 0) is 0 Å². The normalized spacial score (nSPS) is 11.3.